The normalized spacial score (nSPS) is 16.7. The second-order valence-corrected chi connectivity index (χ2v) is 7.47. The summed E-state index contributed by atoms with van der Waals surface area (Å²) < 4.78 is 7.37. The van der Waals surface area contributed by atoms with Crippen LogP contribution in [0.3, 0.4) is 0 Å². The predicted octanol–water partition coefficient (Wildman–Crippen LogP) is 4.22. The van der Waals surface area contributed by atoms with E-state index < -0.39 is 0 Å². The zero-order valence-electron chi connectivity index (χ0n) is 16.8. The quantitative estimate of drug-likeness (QED) is 0.634. The van der Waals surface area contributed by atoms with Crippen molar-refractivity contribution in [2.75, 3.05) is 26.8 Å². The summed E-state index contributed by atoms with van der Waals surface area (Å²) in [5.41, 5.74) is 2.82. The van der Waals surface area contributed by atoms with Crippen LogP contribution < -0.4 is 0 Å². The summed E-state index contributed by atoms with van der Waals surface area (Å²) in [6.45, 7) is 2.93. The summed E-state index contributed by atoms with van der Waals surface area (Å²) in [5.74, 6) is 1.41. The number of hydrogen-bond donors (Lipinski definition) is 0. The summed E-state index contributed by atoms with van der Waals surface area (Å²) >= 11 is 0. The van der Waals surface area contributed by atoms with E-state index in [1.165, 1.54) is 0 Å². The Kier molecular flexibility index (Phi) is 6.06. The van der Waals surface area contributed by atoms with Crippen LogP contribution in [0.15, 0.2) is 67.0 Å². The third-order valence-corrected chi connectivity index (χ3v) is 5.60. The number of rotatable bonds is 6. The number of likely N-dealkylation sites (tertiary alicyclic amines) is 1. The molecule has 150 valence electrons. The molecule has 5 nitrogen and oxygen atoms in total. The predicted molar refractivity (Wildman–Crippen MR) is 114 cm³/mol. The van der Waals surface area contributed by atoms with Crippen LogP contribution in [0.1, 0.15) is 34.9 Å². The summed E-state index contributed by atoms with van der Waals surface area (Å²) in [7, 11) is 1.71. The summed E-state index contributed by atoms with van der Waals surface area (Å²) in [4.78, 5) is 20.0. The Balaban J connectivity index is 1.56. The third-order valence-electron chi connectivity index (χ3n) is 5.60. The van der Waals surface area contributed by atoms with E-state index in [0.717, 1.165) is 48.4 Å². The molecule has 0 aliphatic carbocycles. The molecule has 3 aromatic rings. The van der Waals surface area contributed by atoms with Crippen LogP contribution in [0.2, 0.25) is 0 Å². The zero-order valence-corrected chi connectivity index (χ0v) is 16.8. The molecule has 4 rings (SSSR count). The standard InChI is InChI=1S/C24H27N3O2/c1-29-17-16-26-15-13-25-23(26)20-10-7-14-27(18-20)24(28)22-12-6-5-11-21(22)19-8-3-2-4-9-19/h2-6,8-9,11-13,15,20H,7,10,14,16-18H2,1H3. The van der Waals surface area contributed by atoms with Crippen molar-refractivity contribution in [2.24, 2.45) is 0 Å². The lowest BCUT2D eigenvalue weighted by Crippen LogP contribution is -2.40. The minimum absolute atomic E-state index is 0.101. The number of hydrogen-bond acceptors (Lipinski definition) is 3. The number of carbonyl (C=O) groups excluding carboxylic acids is 1. The largest absolute Gasteiger partial charge is 0.383 e. The number of ether oxygens (including phenoxy) is 1. The minimum atomic E-state index is 0.101. The molecular formula is C24H27N3O2. The minimum Gasteiger partial charge on any atom is -0.383 e. The van der Waals surface area contributed by atoms with E-state index >= 15 is 0 Å². The molecule has 29 heavy (non-hydrogen) atoms. The molecule has 5 heteroatoms. The van der Waals surface area contributed by atoms with Gasteiger partial charge in [-0.2, -0.15) is 0 Å². The Bertz CT molecular complexity index is 952. The number of nitrogens with zero attached hydrogens (tertiary/aromatic N) is 3. The number of aromatic nitrogens is 2. The van der Waals surface area contributed by atoms with E-state index in [-0.39, 0.29) is 11.8 Å². The molecule has 1 fully saturated rings. The van der Waals surface area contributed by atoms with Gasteiger partial charge in [0.15, 0.2) is 0 Å². The van der Waals surface area contributed by atoms with Crippen LogP contribution in [0.25, 0.3) is 11.1 Å². The van der Waals surface area contributed by atoms with E-state index in [9.17, 15) is 4.79 Å². The van der Waals surface area contributed by atoms with Gasteiger partial charge < -0.3 is 14.2 Å². The molecule has 0 spiro atoms. The van der Waals surface area contributed by atoms with Crippen LogP contribution in [0.4, 0.5) is 0 Å². The van der Waals surface area contributed by atoms with Crippen LogP contribution in [0, 0.1) is 0 Å². The van der Waals surface area contributed by atoms with Gasteiger partial charge in [0.2, 0.25) is 0 Å². The van der Waals surface area contributed by atoms with E-state index in [1.54, 1.807) is 7.11 Å². The Morgan fingerprint density at radius 3 is 2.76 bits per heavy atom. The van der Waals surface area contributed by atoms with Crippen molar-refractivity contribution in [1.29, 1.82) is 0 Å². The van der Waals surface area contributed by atoms with Crippen molar-refractivity contribution in [3.05, 3.63) is 78.4 Å². The van der Waals surface area contributed by atoms with Crippen molar-refractivity contribution >= 4 is 5.91 Å². The van der Waals surface area contributed by atoms with E-state index in [4.69, 9.17) is 4.74 Å². The fourth-order valence-electron chi connectivity index (χ4n) is 4.14. The number of amides is 1. The van der Waals surface area contributed by atoms with E-state index in [0.29, 0.717) is 13.2 Å². The average Bonchev–Trinajstić information content (AvgIpc) is 3.26. The third kappa shape index (κ3) is 4.25. The molecule has 0 saturated carbocycles. The van der Waals surface area contributed by atoms with Crippen molar-refractivity contribution in [1.82, 2.24) is 14.5 Å². The maximum atomic E-state index is 13.4. The van der Waals surface area contributed by atoms with Gasteiger partial charge >= 0.3 is 0 Å². The van der Waals surface area contributed by atoms with Crippen molar-refractivity contribution in [3.63, 3.8) is 0 Å². The van der Waals surface area contributed by atoms with Gasteiger partial charge in [0.25, 0.3) is 5.91 Å². The molecule has 0 N–H and O–H groups in total. The molecule has 0 radical (unpaired) electrons. The Hall–Kier alpha value is -2.92. The first-order valence-electron chi connectivity index (χ1n) is 10.2. The van der Waals surface area contributed by atoms with Crippen LogP contribution >= 0.6 is 0 Å². The van der Waals surface area contributed by atoms with Gasteiger partial charge in [0.1, 0.15) is 5.82 Å². The smallest absolute Gasteiger partial charge is 0.254 e. The highest BCUT2D eigenvalue weighted by atomic mass is 16.5. The van der Waals surface area contributed by atoms with Gasteiger partial charge in [0.05, 0.1) is 6.61 Å². The summed E-state index contributed by atoms with van der Waals surface area (Å²) in [6.07, 6.45) is 5.88. The summed E-state index contributed by atoms with van der Waals surface area (Å²) in [5, 5.41) is 0. The van der Waals surface area contributed by atoms with Crippen molar-refractivity contribution in [2.45, 2.75) is 25.3 Å². The van der Waals surface area contributed by atoms with Gasteiger partial charge in [-0.15, -0.1) is 0 Å². The molecule has 1 atom stereocenters. The van der Waals surface area contributed by atoms with Gasteiger partial charge in [0, 0.05) is 50.6 Å². The second kappa shape index (κ2) is 9.05. The van der Waals surface area contributed by atoms with Crippen LogP contribution in [-0.4, -0.2) is 47.2 Å². The maximum Gasteiger partial charge on any atom is 0.254 e. The first-order valence-corrected chi connectivity index (χ1v) is 10.2. The molecule has 1 aromatic heterocycles. The number of benzene rings is 2. The number of carbonyl (C=O) groups is 1. The highest BCUT2D eigenvalue weighted by molar-refractivity contribution is 6.01. The monoisotopic (exact) mass is 389 g/mol. The second-order valence-electron chi connectivity index (χ2n) is 7.47. The van der Waals surface area contributed by atoms with Gasteiger partial charge in [-0.3, -0.25) is 4.79 Å². The Morgan fingerprint density at radius 1 is 1.14 bits per heavy atom. The van der Waals surface area contributed by atoms with Gasteiger partial charge in [-0.1, -0.05) is 48.5 Å². The van der Waals surface area contributed by atoms with Crippen molar-refractivity contribution in [3.8, 4) is 11.1 Å². The lowest BCUT2D eigenvalue weighted by atomic mass is 9.94. The maximum absolute atomic E-state index is 13.4. The highest BCUT2D eigenvalue weighted by Gasteiger charge is 2.29. The molecule has 1 unspecified atom stereocenters. The topological polar surface area (TPSA) is 47.4 Å². The zero-order chi connectivity index (χ0) is 20.1. The lowest BCUT2D eigenvalue weighted by molar-refractivity contribution is 0.0703. The molecule has 0 bridgehead atoms. The fourth-order valence-corrected chi connectivity index (χ4v) is 4.14. The summed E-state index contributed by atoms with van der Waals surface area (Å²) in [6, 6.07) is 18.0. The SMILES string of the molecule is COCCn1ccnc1C1CCCN(C(=O)c2ccccc2-c2ccccc2)C1. The molecule has 1 amide bonds. The van der Waals surface area contributed by atoms with Crippen LogP contribution in [0.5, 0.6) is 0 Å². The molecular weight excluding hydrogens is 362 g/mol. The first-order chi connectivity index (χ1) is 14.3. The molecule has 1 aliphatic heterocycles. The molecule has 2 heterocycles. The van der Waals surface area contributed by atoms with Gasteiger partial charge in [-0.05, 0) is 30.0 Å². The number of piperidine rings is 1. The average molecular weight is 389 g/mol. The van der Waals surface area contributed by atoms with Crippen LogP contribution in [-0.2, 0) is 11.3 Å². The lowest BCUT2D eigenvalue weighted by Gasteiger charge is -2.33. The Morgan fingerprint density at radius 2 is 1.93 bits per heavy atom. The van der Waals surface area contributed by atoms with E-state index in [2.05, 4.69) is 21.7 Å². The highest BCUT2D eigenvalue weighted by Crippen LogP contribution is 2.29. The Labute approximate surface area is 171 Å². The number of imidazole rings is 1. The number of methoxy groups -OCH3 is 1. The molecule has 2 aromatic carbocycles. The first kappa shape index (κ1) is 19.4. The molecule has 1 saturated heterocycles. The van der Waals surface area contributed by atoms with E-state index in [1.807, 2.05) is 59.8 Å². The fraction of sp³-hybridized carbons (Fsp3) is 0.333. The van der Waals surface area contributed by atoms with Crippen molar-refractivity contribution < 1.29 is 9.53 Å². The van der Waals surface area contributed by atoms with Gasteiger partial charge in [-0.25, -0.2) is 4.98 Å². The molecule has 1 aliphatic rings.